The van der Waals surface area contributed by atoms with E-state index in [2.05, 4.69) is 5.16 Å². The number of nitrogens with zero attached hydrogens (tertiary/aromatic N) is 1. The molecule has 0 fully saturated rings. The Morgan fingerprint density at radius 2 is 2.22 bits per heavy atom. The summed E-state index contributed by atoms with van der Waals surface area (Å²) < 4.78 is 23.4. The fraction of sp³-hybridized carbons (Fsp3) is 0.231. The van der Waals surface area contributed by atoms with Gasteiger partial charge in [-0.05, 0) is 32.0 Å². The van der Waals surface area contributed by atoms with Gasteiger partial charge in [-0.15, -0.1) is 0 Å². The molecule has 0 unspecified atom stereocenters. The molecule has 0 bridgehead atoms. The average Bonchev–Trinajstić information content (AvgIpc) is 2.73. The molecule has 5 heteroatoms. The molecule has 94 valence electrons. The van der Waals surface area contributed by atoms with E-state index in [-0.39, 0.29) is 18.0 Å². The molecular formula is C13H12FNO3. The summed E-state index contributed by atoms with van der Waals surface area (Å²) in [4.78, 5) is 11.4. The number of carbonyl (C=O) groups excluding carboxylic acids is 1. The second kappa shape index (κ2) is 5.00. The summed E-state index contributed by atoms with van der Waals surface area (Å²) in [6, 6.07) is 5.57. The number of ether oxygens (including phenoxy) is 1. The van der Waals surface area contributed by atoms with Crippen molar-refractivity contribution in [3.05, 3.63) is 47.1 Å². The van der Waals surface area contributed by atoms with Crippen LogP contribution in [0.25, 0.3) is 0 Å². The van der Waals surface area contributed by atoms with E-state index in [4.69, 9.17) is 9.26 Å². The first-order chi connectivity index (χ1) is 8.56. The number of ketones is 1. The van der Waals surface area contributed by atoms with Gasteiger partial charge in [-0.3, -0.25) is 4.79 Å². The summed E-state index contributed by atoms with van der Waals surface area (Å²) in [6.07, 6.45) is 0. The predicted molar refractivity (Wildman–Crippen MR) is 62.0 cm³/mol. The van der Waals surface area contributed by atoms with Crippen molar-refractivity contribution in [3.8, 4) is 5.75 Å². The number of benzene rings is 1. The number of carbonyl (C=O) groups is 1. The zero-order chi connectivity index (χ0) is 13.1. The quantitative estimate of drug-likeness (QED) is 0.782. The van der Waals surface area contributed by atoms with Gasteiger partial charge in [0.1, 0.15) is 29.6 Å². The Bertz CT molecular complexity index is 577. The lowest BCUT2D eigenvalue weighted by Gasteiger charge is -2.08. The molecule has 0 aliphatic carbocycles. The highest BCUT2D eigenvalue weighted by atomic mass is 19.1. The van der Waals surface area contributed by atoms with E-state index in [1.54, 1.807) is 13.0 Å². The van der Waals surface area contributed by atoms with E-state index in [0.29, 0.717) is 17.2 Å². The number of hydrogen-bond acceptors (Lipinski definition) is 4. The Kier molecular flexibility index (Phi) is 3.41. The van der Waals surface area contributed by atoms with Crippen molar-refractivity contribution >= 4 is 5.78 Å². The topological polar surface area (TPSA) is 52.3 Å². The zero-order valence-corrected chi connectivity index (χ0v) is 10.1. The molecule has 4 nitrogen and oxygen atoms in total. The molecule has 0 aliphatic rings. The minimum atomic E-state index is -0.468. The number of hydrogen-bond donors (Lipinski definition) is 0. The van der Waals surface area contributed by atoms with Crippen LogP contribution in [0.5, 0.6) is 5.75 Å². The molecule has 0 aliphatic heterocycles. The number of aromatic nitrogens is 1. The third-order valence-electron chi connectivity index (χ3n) is 2.37. The van der Waals surface area contributed by atoms with Crippen molar-refractivity contribution in [1.29, 1.82) is 0 Å². The van der Waals surface area contributed by atoms with Crippen LogP contribution in [-0.4, -0.2) is 10.9 Å². The van der Waals surface area contributed by atoms with Crippen LogP contribution in [-0.2, 0) is 6.61 Å². The van der Waals surface area contributed by atoms with Gasteiger partial charge in [0.15, 0.2) is 5.78 Å². The molecule has 0 spiro atoms. The predicted octanol–water partition coefficient (Wildman–Crippen LogP) is 2.90. The summed E-state index contributed by atoms with van der Waals surface area (Å²) in [5, 5.41) is 3.76. The standard InChI is InChI=1S/C13H12FNO3/c1-8-5-11(15-18-8)7-17-13-4-3-10(14)6-12(13)9(2)16/h3-6H,7H2,1-2H3. The van der Waals surface area contributed by atoms with E-state index in [9.17, 15) is 9.18 Å². The molecule has 0 amide bonds. The van der Waals surface area contributed by atoms with Crippen LogP contribution in [0.2, 0.25) is 0 Å². The van der Waals surface area contributed by atoms with E-state index >= 15 is 0 Å². The van der Waals surface area contributed by atoms with Crippen LogP contribution in [0, 0.1) is 12.7 Å². The van der Waals surface area contributed by atoms with Crippen LogP contribution >= 0.6 is 0 Å². The molecule has 0 atom stereocenters. The lowest BCUT2D eigenvalue weighted by molar-refractivity contribution is 0.101. The van der Waals surface area contributed by atoms with Gasteiger partial charge in [0.2, 0.25) is 0 Å². The summed E-state index contributed by atoms with van der Waals surface area (Å²) in [5.41, 5.74) is 0.835. The monoisotopic (exact) mass is 249 g/mol. The Morgan fingerprint density at radius 3 is 2.83 bits per heavy atom. The summed E-state index contributed by atoms with van der Waals surface area (Å²) in [6.45, 7) is 3.31. The van der Waals surface area contributed by atoms with Crippen molar-refractivity contribution in [2.45, 2.75) is 20.5 Å². The van der Waals surface area contributed by atoms with Crippen LogP contribution in [0.15, 0.2) is 28.8 Å². The summed E-state index contributed by atoms with van der Waals surface area (Å²) in [5.74, 6) is 0.301. The molecular weight excluding hydrogens is 237 g/mol. The first-order valence-electron chi connectivity index (χ1n) is 5.42. The molecule has 0 saturated carbocycles. The fourth-order valence-electron chi connectivity index (χ4n) is 1.54. The molecule has 18 heavy (non-hydrogen) atoms. The van der Waals surface area contributed by atoms with E-state index in [0.717, 1.165) is 6.07 Å². The van der Waals surface area contributed by atoms with Gasteiger partial charge in [0, 0.05) is 6.07 Å². The van der Waals surface area contributed by atoms with Gasteiger partial charge >= 0.3 is 0 Å². The van der Waals surface area contributed by atoms with Gasteiger partial charge in [-0.2, -0.15) is 0 Å². The minimum absolute atomic E-state index is 0.170. The maximum Gasteiger partial charge on any atom is 0.163 e. The second-order valence-corrected chi connectivity index (χ2v) is 3.91. The molecule has 0 N–H and O–H groups in total. The van der Waals surface area contributed by atoms with Gasteiger partial charge in [0.25, 0.3) is 0 Å². The second-order valence-electron chi connectivity index (χ2n) is 3.91. The normalized spacial score (nSPS) is 10.4. The van der Waals surface area contributed by atoms with Crippen LogP contribution in [0.3, 0.4) is 0 Å². The molecule has 1 aromatic carbocycles. The Labute approximate surface area is 103 Å². The Morgan fingerprint density at radius 1 is 1.44 bits per heavy atom. The lowest BCUT2D eigenvalue weighted by atomic mass is 10.1. The zero-order valence-electron chi connectivity index (χ0n) is 10.1. The van der Waals surface area contributed by atoms with Gasteiger partial charge in [-0.25, -0.2) is 4.39 Å². The Hall–Kier alpha value is -2.17. The molecule has 2 aromatic rings. The third kappa shape index (κ3) is 2.74. The van der Waals surface area contributed by atoms with Gasteiger partial charge in [-0.1, -0.05) is 5.16 Å². The number of Topliss-reactive ketones (excluding diaryl/α,β-unsaturated/α-hetero) is 1. The lowest BCUT2D eigenvalue weighted by Crippen LogP contribution is -2.02. The highest BCUT2D eigenvalue weighted by molar-refractivity contribution is 5.96. The first kappa shape index (κ1) is 12.3. The molecule has 2 rings (SSSR count). The number of rotatable bonds is 4. The highest BCUT2D eigenvalue weighted by Gasteiger charge is 2.11. The largest absolute Gasteiger partial charge is 0.486 e. The van der Waals surface area contributed by atoms with E-state index in [1.807, 2.05) is 0 Å². The Balaban J connectivity index is 2.16. The van der Waals surface area contributed by atoms with E-state index < -0.39 is 5.82 Å². The van der Waals surface area contributed by atoms with Crippen LogP contribution in [0.1, 0.15) is 28.7 Å². The molecule has 0 saturated heterocycles. The smallest absolute Gasteiger partial charge is 0.163 e. The third-order valence-corrected chi connectivity index (χ3v) is 2.37. The van der Waals surface area contributed by atoms with Crippen molar-refractivity contribution in [2.24, 2.45) is 0 Å². The van der Waals surface area contributed by atoms with Crippen molar-refractivity contribution in [1.82, 2.24) is 5.16 Å². The van der Waals surface area contributed by atoms with Crippen molar-refractivity contribution in [2.75, 3.05) is 0 Å². The van der Waals surface area contributed by atoms with Crippen molar-refractivity contribution < 1.29 is 18.4 Å². The minimum Gasteiger partial charge on any atom is -0.486 e. The average molecular weight is 249 g/mol. The number of halogens is 1. The van der Waals surface area contributed by atoms with Gasteiger partial charge < -0.3 is 9.26 Å². The fourth-order valence-corrected chi connectivity index (χ4v) is 1.54. The number of aryl methyl sites for hydroxylation is 1. The van der Waals surface area contributed by atoms with Crippen LogP contribution in [0.4, 0.5) is 4.39 Å². The van der Waals surface area contributed by atoms with Gasteiger partial charge in [0.05, 0.1) is 5.56 Å². The molecule has 0 radical (unpaired) electrons. The summed E-state index contributed by atoms with van der Waals surface area (Å²) in [7, 11) is 0. The maximum atomic E-state index is 13.0. The first-order valence-corrected chi connectivity index (χ1v) is 5.42. The molecule has 1 heterocycles. The highest BCUT2D eigenvalue weighted by Crippen LogP contribution is 2.21. The maximum absolute atomic E-state index is 13.0. The SMILES string of the molecule is CC(=O)c1cc(F)ccc1OCc1cc(C)on1. The summed E-state index contributed by atoms with van der Waals surface area (Å²) >= 11 is 0. The van der Waals surface area contributed by atoms with Crippen LogP contribution < -0.4 is 4.74 Å². The van der Waals surface area contributed by atoms with E-state index in [1.165, 1.54) is 19.1 Å². The molecule has 1 aromatic heterocycles. The van der Waals surface area contributed by atoms with Crippen molar-refractivity contribution in [3.63, 3.8) is 0 Å².